The first-order chi connectivity index (χ1) is 13.1. The summed E-state index contributed by atoms with van der Waals surface area (Å²) < 4.78 is 40.1. The Balaban J connectivity index is 1.69. The normalized spacial score (nSPS) is 12.6. The van der Waals surface area contributed by atoms with Crippen LogP contribution in [0.2, 0.25) is 0 Å². The fourth-order valence-corrected chi connectivity index (χ4v) is 2.69. The number of ether oxygens (including phenoxy) is 3. The predicted molar refractivity (Wildman–Crippen MR) is 95.8 cm³/mol. The number of benzene rings is 2. The third kappa shape index (κ3) is 4.75. The molecule has 1 aliphatic rings. The van der Waals surface area contributed by atoms with Crippen molar-refractivity contribution >= 4 is 12.0 Å². The third-order valence-corrected chi connectivity index (χ3v) is 4.04. The smallest absolute Gasteiger partial charge is 0.387 e. The van der Waals surface area contributed by atoms with Gasteiger partial charge in [0.25, 0.3) is 0 Å². The van der Waals surface area contributed by atoms with Crippen molar-refractivity contribution in [3.05, 3.63) is 59.7 Å². The number of nitrogens with zero attached hydrogens (tertiary/aromatic N) is 1. The van der Waals surface area contributed by atoms with Crippen LogP contribution in [0.25, 0.3) is 6.08 Å². The highest BCUT2D eigenvalue weighted by atomic mass is 19.3. The van der Waals surface area contributed by atoms with Crippen LogP contribution in [-0.4, -0.2) is 30.8 Å². The molecular weight excluding hydrogens is 356 g/mol. The number of para-hydroxylation sites is 1. The van der Waals surface area contributed by atoms with Crippen LogP contribution < -0.4 is 14.2 Å². The summed E-state index contributed by atoms with van der Waals surface area (Å²) in [6.07, 6.45) is 2.83. The lowest BCUT2D eigenvalue weighted by molar-refractivity contribution is -0.126. The van der Waals surface area contributed by atoms with E-state index < -0.39 is 6.61 Å². The molecule has 0 spiro atoms. The number of carbonyl (C=O) groups excluding carboxylic acids is 1. The summed E-state index contributed by atoms with van der Waals surface area (Å²) in [5, 5.41) is 0. The Morgan fingerprint density at radius 3 is 2.78 bits per heavy atom. The number of likely N-dealkylation sites (N-methyl/N-ethyl adjacent to an activating group) is 1. The molecular formula is C20H19F2NO4. The Kier molecular flexibility index (Phi) is 5.90. The van der Waals surface area contributed by atoms with Gasteiger partial charge < -0.3 is 19.1 Å². The van der Waals surface area contributed by atoms with Crippen LogP contribution in [0.1, 0.15) is 18.1 Å². The minimum absolute atomic E-state index is 0.0235. The average Bonchev–Trinajstić information content (AvgIpc) is 3.12. The summed E-state index contributed by atoms with van der Waals surface area (Å²) in [5.74, 6) is 1.13. The van der Waals surface area contributed by atoms with Crippen LogP contribution in [0.15, 0.2) is 48.5 Å². The summed E-state index contributed by atoms with van der Waals surface area (Å²) in [5.41, 5.74) is 1.31. The first-order valence-electron chi connectivity index (χ1n) is 8.46. The van der Waals surface area contributed by atoms with Crippen molar-refractivity contribution < 1.29 is 27.8 Å². The Hall–Kier alpha value is -3.09. The highest BCUT2D eigenvalue weighted by molar-refractivity contribution is 5.92. The van der Waals surface area contributed by atoms with Crippen molar-refractivity contribution in [2.75, 3.05) is 13.3 Å². The van der Waals surface area contributed by atoms with E-state index in [1.165, 1.54) is 18.2 Å². The minimum Gasteiger partial charge on any atom is -0.454 e. The molecule has 0 saturated heterocycles. The maximum absolute atomic E-state index is 12.5. The molecule has 1 amide bonds. The Morgan fingerprint density at radius 1 is 1.22 bits per heavy atom. The fraction of sp³-hybridized carbons (Fsp3) is 0.250. The van der Waals surface area contributed by atoms with Gasteiger partial charge in [0.2, 0.25) is 12.7 Å². The highest BCUT2D eigenvalue weighted by Gasteiger charge is 2.16. The van der Waals surface area contributed by atoms with Crippen LogP contribution in [-0.2, 0) is 11.3 Å². The number of rotatable bonds is 7. The summed E-state index contributed by atoms with van der Waals surface area (Å²) in [6, 6.07) is 11.8. The van der Waals surface area contributed by atoms with Gasteiger partial charge in [-0.3, -0.25) is 4.79 Å². The van der Waals surface area contributed by atoms with Crippen LogP contribution in [0.4, 0.5) is 8.78 Å². The van der Waals surface area contributed by atoms with Crippen LogP contribution in [0.3, 0.4) is 0 Å². The predicted octanol–water partition coefficient (Wildman–Crippen LogP) is 4.08. The van der Waals surface area contributed by atoms with Crippen molar-refractivity contribution in [2.45, 2.75) is 20.1 Å². The lowest BCUT2D eigenvalue weighted by Crippen LogP contribution is -2.28. The lowest BCUT2D eigenvalue weighted by Gasteiger charge is -2.19. The lowest BCUT2D eigenvalue weighted by atomic mass is 10.1. The molecule has 0 unspecified atom stereocenters. The van der Waals surface area contributed by atoms with Crippen molar-refractivity contribution in [1.82, 2.24) is 4.90 Å². The van der Waals surface area contributed by atoms with Gasteiger partial charge in [-0.2, -0.15) is 8.78 Å². The molecule has 1 aliphatic heterocycles. The Morgan fingerprint density at radius 2 is 2.00 bits per heavy atom. The van der Waals surface area contributed by atoms with E-state index in [9.17, 15) is 13.6 Å². The first kappa shape index (κ1) is 18.7. The van der Waals surface area contributed by atoms with Gasteiger partial charge in [0, 0.05) is 24.7 Å². The second-order valence-corrected chi connectivity index (χ2v) is 5.79. The molecule has 0 saturated carbocycles. The number of fused-ring (bicyclic) bond motifs is 1. The van der Waals surface area contributed by atoms with E-state index in [4.69, 9.17) is 9.47 Å². The zero-order valence-electron chi connectivity index (χ0n) is 14.7. The Labute approximate surface area is 155 Å². The molecule has 0 bridgehead atoms. The number of halogens is 2. The van der Waals surface area contributed by atoms with Gasteiger partial charge >= 0.3 is 6.61 Å². The molecule has 0 aromatic heterocycles. The van der Waals surface area contributed by atoms with E-state index in [0.29, 0.717) is 30.2 Å². The molecule has 0 atom stereocenters. The number of amides is 1. The van der Waals surface area contributed by atoms with Crippen molar-refractivity contribution in [3.8, 4) is 17.2 Å². The zero-order chi connectivity index (χ0) is 19.2. The number of carbonyl (C=O) groups is 1. The van der Waals surface area contributed by atoms with Gasteiger partial charge in [0.05, 0.1) is 0 Å². The number of hydrogen-bond donors (Lipinski definition) is 0. The quantitative estimate of drug-likeness (QED) is 0.685. The fourth-order valence-electron chi connectivity index (χ4n) is 2.69. The van der Waals surface area contributed by atoms with Crippen molar-refractivity contribution in [1.29, 1.82) is 0 Å². The SMILES string of the molecule is CCN(Cc1ccc2c(c1)OCO2)C(=O)/C=C/c1ccccc1OC(F)F. The van der Waals surface area contributed by atoms with Gasteiger partial charge in [0.15, 0.2) is 11.5 Å². The van der Waals surface area contributed by atoms with E-state index in [2.05, 4.69) is 4.74 Å². The second kappa shape index (κ2) is 8.53. The molecule has 3 rings (SSSR count). The topological polar surface area (TPSA) is 48.0 Å². The summed E-state index contributed by atoms with van der Waals surface area (Å²) in [7, 11) is 0. The molecule has 0 fully saturated rings. The molecule has 0 N–H and O–H groups in total. The van der Waals surface area contributed by atoms with Gasteiger partial charge in [-0.15, -0.1) is 0 Å². The van der Waals surface area contributed by atoms with Gasteiger partial charge in [-0.25, -0.2) is 0 Å². The number of hydrogen-bond acceptors (Lipinski definition) is 4. The largest absolute Gasteiger partial charge is 0.454 e. The second-order valence-electron chi connectivity index (χ2n) is 5.79. The summed E-state index contributed by atoms with van der Waals surface area (Å²) in [6.45, 7) is 0.0245. The highest BCUT2D eigenvalue weighted by Crippen LogP contribution is 2.32. The molecule has 2 aromatic rings. The van der Waals surface area contributed by atoms with E-state index in [0.717, 1.165) is 5.56 Å². The third-order valence-electron chi connectivity index (χ3n) is 4.04. The number of alkyl halides is 2. The zero-order valence-corrected chi connectivity index (χ0v) is 14.7. The van der Waals surface area contributed by atoms with Crippen molar-refractivity contribution in [2.24, 2.45) is 0 Å². The molecule has 0 radical (unpaired) electrons. The van der Waals surface area contributed by atoms with Gasteiger partial charge in [-0.1, -0.05) is 24.3 Å². The standard InChI is InChI=1S/C20H19F2NO4/c1-2-23(12-14-7-9-17-18(11-14)26-13-25-17)19(24)10-8-15-5-3-4-6-16(15)27-20(21)22/h3-11,20H,2,12-13H2,1H3/b10-8+. The van der Waals surface area contributed by atoms with E-state index in [1.807, 2.05) is 25.1 Å². The molecule has 27 heavy (non-hydrogen) atoms. The van der Waals surface area contributed by atoms with Crippen LogP contribution >= 0.6 is 0 Å². The van der Waals surface area contributed by atoms with Crippen LogP contribution in [0, 0.1) is 0 Å². The Bertz CT molecular complexity index is 838. The first-order valence-corrected chi connectivity index (χ1v) is 8.46. The molecule has 0 aliphatic carbocycles. The molecule has 2 aromatic carbocycles. The van der Waals surface area contributed by atoms with E-state index in [1.54, 1.807) is 23.1 Å². The van der Waals surface area contributed by atoms with Gasteiger partial charge in [0.1, 0.15) is 5.75 Å². The molecule has 142 valence electrons. The summed E-state index contributed by atoms with van der Waals surface area (Å²) >= 11 is 0. The monoisotopic (exact) mass is 375 g/mol. The summed E-state index contributed by atoms with van der Waals surface area (Å²) in [4.78, 5) is 14.1. The molecule has 5 nitrogen and oxygen atoms in total. The van der Waals surface area contributed by atoms with Gasteiger partial charge in [-0.05, 0) is 36.8 Å². The maximum Gasteiger partial charge on any atom is 0.387 e. The van der Waals surface area contributed by atoms with E-state index >= 15 is 0 Å². The molecule has 7 heteroatoms. The van der Waals surface area contributed by atoms with Crippen molar-refractivity contribution in [3.63, 3.8) is 0 Å². The van der Waals surface area contributed by atoms with Crippen LogP contribution in [0.5, 0.6) is 17.2 Å². The maximum atomic E-state index is 12.5. The minimum atomic E-state index is -2.92. The average molecular weight is 375 g/mol. The van der Waals surface area contributed by atoms with E-state index in [-0.39, 0.29) is 18.4 Å². The molecule has 1 heterocycles.